The molecule has 3 N–H and O–H groups in total. The van der Waals surface area contributed by atoms with Crippen LogP contribution in [0, 0.1) is 11.6 Å². The highest BCUT2D eigenvalue weighted by Gasteiger charge is 2.43. The van der Waals surface area contributed by atoms with Crippen LogP contribution in [-0.2, 0) is 4.79 Å². The number of nitrogens with one attached hydrogen (secondary N) is 1. The van der Waals surface area contributed by atoms with E-state index >= 15 is 0 Å². The maximum absolute atomic E-state index is 13.8. The number of ether oxygens (including phenoxy) is 1. The summed E-state index contributed by atoms with van der Waals surface area (Å²) in [5, 5.41) is 2.92. The minimum Gasteiger partial charge on any atom is -0.438 e. The Kier molecular flexibility index (Phi) is 7.07. The van der Waals surface area contributed by atoms with Gasteiger partial charge < -0.3 is 20.7 Å². The minimum absolute atomic E-state index is 0. The number of halogens is 3. The molecule has 0 spiro atoms. The van der Waals surface area contributed by atoms with Crippen molar-refractivity contribution >= 4 is 24.2 Å². The van der Waals surface area contributed by atoms with E-state index in [2.05, 4.69) is 10.3 Å². The van der Waals surface area contributed by atoms with E-state index < -0.39 is 17.5 Å². The quantitative estimate of drug-likeness (QED) is 0.727. The lowest BCUT2D eigenvalue weighted by Crippen LogP contribution is -2.53. The van der Waals surface area contributed by atoms with E-state index in [1.807, 2.05) is 4.90 Å². The summed E-state index contributed by atoms with van der Waals surface area (Å²) in [4.78, 5) is 30.7. The number of nitrogens with zero attached hydrogens (tertiary/aromatic N) is 2. The van der Waals surface area contributed by atoms with Crippen molar-refractivity contribution < 1.29 is 23.1 Å². The van der Waals surface area contributed by atoms with E-state index in [4.69, 9.17) is 10.5 Å². The van der Waals surface area contributed by atoms with Crippen molar-refractivity contribution in [3.8, 4) is 11.6 Å². The Balaban J connectivity index is 0.00000272. The number of hydrogen-bond donors (Lipinski definition) is 2. The highest BCUT2D eigenvalue weighted by molar-refractivity contribution is 5.96. The summed E-state index contributed by atoms with van der Waals surface area (Å²) in [6, 6.07) is 6.21. The van der Waals surface area contributed by atoms with Crippen molar-refractivity contribution in [2.45, 2.75) is 43.8 Å². The molecule has 2 bridgehead atoms. The Morgan fingerprint density at radius 2 is 1.77 bits per heavy atom. The monoisotopic (exact) mass is 452 g/mol. The van der Waals surface area contributed by atoms with E-state index in [-0.39, 0.29) is 60.2 Å². The topological polar surface area (TPSA) is 97.6 Å². The van der Waals surface area contributed by atoms with Crippen LogP contribution in [0.25, 0.3) is 0 Å². The van der Waals surface area contributed by atoms with Gasteiger partial charge in [-0.2, -0.15) is 0 Å². The molecule has 0 radical (unpaired) electrons. The second-order valence-electron chi connectivity index (χ2n) is 7.59. The molecular weight excluding hydrogens is 430 g/mol. The molecule has 10 heteroatoms. The molecule has 31 heavy (non-hydrogen) atoms. The molecule has 2 fully saturated rings. The molecule has 4 rings (SSSR count). The molecule has 2 aromatic rings. The summed E-state index contributed by atoms with van der Waals surface area (Å²) in [6.45, 7) is -0.0247. The van der Waals surface area contributed by atoms with Gasteiger partial charge in [0.1, 0.15) is 22.9 Å². The molecule has 1 aromatic heterocycles. The van der Waals surface area contributed by atoms with Gasteiger partial charge in [0.2, 0.25) is 11.8 Å². The molecule has 7 nitrogen and oxygen atoms in total. The lowest BCUT2D eigenvalue weighted by Gasteiger charge is -2.39. The molecule has 2 unspecified atom stereocenters. The van der Waals surface area contributed by atoms with Gasteiger partial charge >= 0.3 is 0 Å². The average Bonchev–Trinajstić information content (AvgIpc) is 3.00. The normalized spacial score (nSPS) is 21.9. The predicted molar refractivity (Wildman–Crippen MR) is 111 cm³/mol. The number of carbonyl (C=O) groups excluding carboxylic acids is 2. The summed E-state index contributed by atoms with van der Waals surface area (Å²) in [5.74, 6) is -1.48. The Morgan fingerprint density at radius 1 is 1.13 bits per heavy atom. The van der Waals surface area contributed by atoms with Gasteiger partial charge in [-0.05, 0) is 56.0 Å². The number of pyridine rings is 1. The molecule has 2 atom stereocenters. The van der Waals surface area contributed by atoms with E-state index in [1.54, 1.807) is 0 Å². The van der Waals surface area contributed by atoms with Gasteiger partial charge in [-0.3, -0.25) is 9.59 Å². The Hall–Kier alpha value is -2.78. The first-order valence-electron chi connectivity index (χ1n) is 9.85. The number of nitrogens with two attached hydrogens (primary N) is 1. The van der Waals surface area contributed by atoms with Crippen LogP contribution in [0.15, 0.2) is 36.5 Å². The third-order valence-electron chi connectivity index (χ3n) is 5.62. The Bertz CT molecular complexity index is 946. The van der Waals surface area contributed by atoms with Gasteiger partial charge in [0.15, 0.2) is 0 Å². The minimum atomic E-state index is -0.671. The van der Waals surface area contributed by atoms with Crippen LogP contribution in [-0.4, -0.2) is 46.4 Å². The van der Waals surface area contributed by atoms with Gasteiger partial charge in [0, 0.05) is 18.1 Å². The molecule has 2 saturated heterocycles. The lowest BCUT2D eigenvalue weighted by atomic mass is 9.96. The van der Waals surface area contributed by atoms with E-state index in [1.165, 1.54) is 24.3 Å². The zero-order valence-corrected chi connectivity index (χ0v) is 17.4. The van der Waals surface area contributed by atoms with Crippen molar-refractivity contribution in [3.63, 3.8) is 0 Å². The van der Waals surface area contributed by atoms with Gasteiger partial charge in [-0.25, -0.2) is 13.8 Å². The fraction of sp³-hybridized carbons (Fsp3) is 0.381. The number of carbonyl (C=O) groups is 2. The van der Waals surface area contributed by atoms with E-state index in [9.17, 15) is 18.4 Å². The molecule has 1 aromatic carbocycles. The highest BCUT2D eigenvalue weighted by atomic mass is 35.5. The first kappa shape index (κ1) is 22.9. The van der Waals surface area contributed by atoms with Crippen molar-refractivity contribution in [2.75, 3.05) is 6.54 Å². The smallest absolute Gasteiger partial charge is 0.257 e. The first-order chi connectivity index (χ1) is 14.4. The van der Waals surface area contributed by atoms with Crippen molar-refractivity contribution in [1.29, 1.82) is 0 Å². The van der Waals surface area contributed by atoms with Crippen molar-refractivity contribution in [2.24, 2.45) is 5.73 Å². The molecule has 3 heterocycles. The van der Waals surface area contributed by atoms with Crippen LogP contribution >= 0.6 is 12.4 Å². The standard InChI is InChI=1S/C21H22F2N4O3.ClH/c22-12-1-5-17(6-2-12)30-21-18(7-13(23)11-25-21)20(29)26-14-8-15-3-4-16(9-14)27(15)19(28)10-24;/h1-2,5-7,11,14-16H,3-4,8-10,24H2,(H,26,29);1H. The maximum atomic E-state index is 13.8. The van der Waals surface area contributed by atoms with Crippen molar-refractivity contribution in [1.82, 2.24) is 15.2 Å². The van der Waals surface area contributed by atoms with E-state index in [0.29, 0.717) is 12.8 Å². The van der Waals surface area contributed by atoms with E-state index in [0.717, 1.165) is 25.1 Å². The largest absolute Gasteiger partial charge is 0.438 e. The first-order valence-corrected chi connectivity index (χ1v) is 9.85. The fourth-order valence-electron chi connectivity index (χ4n) is 4.36. The molecule has 2 amide bonds. The highest BCUT2D eigenvalue weighted by Crippen LogP contribution is 2.36. The number of piperidine rings is 1. The van der Waals surface area contributed by atoms with Gasteiger partial charge in [-0.1, -0.05) is 0 Å². The summed E-state index contributed by atoms with van der Waals surface area (Å²) in [7, 11) is 0. The van der Waals surface area contributed by atoms with Gasteiger partial charge in [-0.15, -0.1) is 12.4 Å². The summed E-state index contributed by atoms with van der Waals surface area (Å²) in [6.07, 6.45) is 3.94. The Labute approximate surface area is 184 Å². The SMILES string of the molecule is Cl.NCC(=O)N1C2CCC1CC(NC(=O)c1cc(F)cnc1Oc1ccc(F)cc1)C2. The predicted octanol–water partition coefficient (Wildman–Crippen LogP) is 2.78. The molecule has 166 valence electrons. The fourth-order valence-corrected chi connectivity index (χ4v) is 4.36. The summed E-state index contributed by atoms with van der Waals surface area (Å²) >= 11 is 0. The molecule has 2 aliphatic heterocycles. The number of rotatable bonds is 5. The van der Waals surface area contributed by atoms with Crippen molar-refractivity contribution in [3.05, 3.63) is 53.7 Å². The number of fused-ring (bicyclic) bond motifs is 2. The van der Waals surface area contributed by atoms with Gasteiger partial charge in [0.25, 0.3) is 5.91 Å². The van der Waals surface area contributed by atoms with Crippen LogP contribution < -0.4 is 15.8 Å². The Morgan fingerprint density at radius 3 is 2.39 bits per heavy atom. The number of aromatic nitrogens is 1. The average molecular weight is 453 g/mol. The van der Waals surface area contributed by atoms with Gasteiger partial charge in [0.05, 0.1) is 12.7 Å². The molecule has 0 saturated carbocycles. The maximum Gasteiger partial charge on any atom is 0.257 e. The molecule has 0 aliphatic carbocycles. The zero-order valence-electron chi connectivity index (χ0n) is 16.6. The second kappa shape index (κ2) is 9.57. The molecule has 2 aliphatic rings. The van der Waals surface area contributed by atoms with Crippen LogP contribution in [0.2, 0.25) is 0 Å². The number of benzene rings is 1. The van der Waals surface area contributed by atoms with Crippen LogP contribution in [0.4, 0.5) is 8.78 Å². The lowest BCUT2D eigenvalue weighted by molar-refractivity contribution is -0.134. The van der Waals surface area contributed by atoms with Crippen LogP contribution in [0.3, 0.4) is 0 Å². The number of hydrogen-bond acceptors (Lipinski definition) is 5. The molecular formula is C21H23ClF2N4O3. The van der Waals surface area contributed by atoms with Crippen LogP contribution in [0.5, 0.6) is 11.6 Å². The third-order valence-corrected chi connectivity index (χ3v) is 5.62. The third kappa shape index (κ3) is 4.94. The summed E-state index contributed by atoms with van der Waals surface area (Å²) < 4.78 is 32.5. The summed E-state index contributed by atoms with van der Waals surface area (Å²) in [5.41, 5.74) is 5.46. The second-order valence-corrected chi connectivity index (χ2v) is 7.59. The zero-order chi connectivity index (χ0) is 21.3. The van der Waals surface area contributed by atoms with Crippen LogP contribution in [0.1, 0.15) is 36.0 Å². The number of amides is 2.